The van der Waals surface area contributed by atoms with Crippen molar-refractivity contribution in [1.82, 2.24) is 0 Å². The molecule has 29 heavy (non-hydrogen) atoms. The Bertz CT molecular complexity index is 903. The maximum Gasteiger partial charge on any atom is 0.273 e. The summed E-state index contributed by atoms with van der Waals surface area (Å²) in [4.78, 5) is 28.3. The minimum absolute atomic E-state index is 0.0239. The summed E-state index contributed by atoms with van der Waals surface area (Å²) in [5.41, 5.74) is 1.65. The number of nitro benzene ring substituents is 1. The van der Waals surface area contributed by atoms with Crippen molar-refractivity contribution in [2.75, 3.05) is 6.61 Å². The molecule has 2 rings (SSSR count). The van der Waals surface area contributed by atoms with Crippen LogP contribution in [0.5, 0.6) is 5.75 Å². The van der Waals surface area contributed by atoms with Gasteiger partial charge >= 0.3 is 0 Å². The van der Waals surface area contributed by atoms with E-state index in [1.807, 2.05) is 41.5 Å². The molecule has 1 aliphatic rings. The first-order chi connectivity index (χ1) is 13.3. The van der Waals surface area contributed by atoms with E-state index in [2.05, 4.69) is 11.6 Å². The molecule has 0 saturated carbocycles. The Balaban J connectivity index is 2.65. The number of allylic oxidation sites excluding steroid dienone is 4. The van der Waals surface area contributed by atoms with Gasteiger partial charge in [0.1, 0.15) is 12.3 Å². The molecule has 0 amide bonds. The van der Waals surface area contributed by atoms with Gasteiger partial charge in [-0.15, -0.1) is 0 Å². The first-order valence-electron chi connectivity index (χ1n) is 9.44. The molecule has 0 saturated heterocycles. The summed E-state index contributed by atoms with van der Waals surface area (Å²) in [6, 6.07) is 4.28. The van der Waals surface area contributed by atoms with Gasteiger partial charge in [-0.05, 0) is 29.0 Å². The molecular weight excluding hydrogens is 368 g/mol. The van der Waals surface area contributed by atoms with Gasteiger partial charge in [0.05, 0.1) is 16.7 Å². The minimum atomic E-state index is -0.480. The molecule has 0 aliphatic heterocycles. The largest absolute Gasteiger partial charge is 0.487 e. The maximum absolute atomic E-state index is 13.0. The first-order valence-corrected chi connectivity index (χ1v) is 9.44. The van der Waals surface area contributed by atoms with E-state index in [1.54, 1.807) is 24.3 Å². The number of hydrogen-bond donors (Lipinski definition) is 0. The van der Waals surface area contributed by atoms with E-state index in [0.717, 1.165) is 0 Å². The average molecular weight is 396 g/mol. The predicted molar refractivity (Wildman–Crippen MR) is 116 cm³/mol. The molecule has 1 aromatic rings. The van der Waals surface area contributed by atoms with Gasteiger partial charge in [0.25, 0.3) is 5.69 Å². The summed E-state index contributed by atoms with van der Waals surface area (Å²) in [6.07, 6.45) is 5.14. The molecule has 1 aliphatic carbocycles. The van der Waals surface area contributed by atoms with Crippen molar-refractivity contribution in [3.63, 3.8) is 0 Å². The fourth-order valence-electron chi connectivity index (χ4n) is 2.90. The third-order valence-electron chi connectivity index (χ3n) is 4.45. The fraction of sp³-hybridized carbons (Fsp3) is 0.391. The zero-order valence-electron chi connectivity index (χ0n) is 17.9. The number of nitro groups is 1. The number of non-ortho nitro benzene ring substituents is 1. The van der Waals surface area contributed by atoms with Gasteiger partial charge in [-0.1, -0.05) is 54.2 Å². The Hall–Kier alpha value is -3.02. The Kier molecular flexibility index (Phi) is 6.26. The van der Waals surface area contributed by atoms with E-state index in [-0.39, 0.29) is 28.9 Å². The zero-order valence-corrected chi connectivity index (χ0v) is 17.9. The van der Waals surface area contributed by atoms with Crippen LogP contribution in [0, 0.1) is 20.9 Å². The summed E-state index contributed by atoms with van der Waals surface area (Å²) < 4.78 is 5.59. The second kappa shape index (κ2) is 8.15. The number of rotatable bonds is 5. The van der Waals surface area contributed by atoms with E-state index in [1.165, 1.54) is 12.1 Å². The number of nitrogens with zero attached hydrogens (tertiary/aromatic N) is 2. The van der Waals surface area contributed by atoms with E-state index in [0.29, 0.717) is 28.3 Å². The van der Waals surface area contributed by atoms with Crippen molar-refractivity contribution < 1.29 is 14.5 Å². The molecule has 0 atom stereocenters. The number of carbonyl (C=O) groups is 1. The van der Waals surface area contributed by atoms with Crippen LogP contribution in [0.4, 0.5) is 11.4 Å². The van der Waals surface area contributed by atoms with Crippen LogP contribution in [0.15, 0.2) is 59.1 Å². The Morgan fingerprint density at radius 3 is 2.10 bits per heavy atom. The average Bonchev–Trinajstić information content (AvgIpc) is 2.60. The molecule has 0 unspecified atom stereocenters. The van der Waals surface area contributed by atoms with Crippen LogP contribution in [-0.2, 0) is 4.79 Å². The number of benzene rings is 1. The quantitative estimate of drug-likeness (QED) is 0.274. The summed E-state index contributed by atoms with van der Waals surface area (Å²) in [5, 5.41) is 11.1. The van der Waals surface area contributed by atoms with Gasteiger partial charge in [-0.2, -0.15) is 0 Å². The highest BCUT2D eigenvalue weighted by atomic mass is 16.6. The molecule has 1 aromatic carbocycles. The third-order valence-corrected chi connectivity index (χ3v) is 4.45. The second-order valence-electron chi connectivity index (χ2n) is 8.99. The van der Waals surface area contributed by atoms with Crippen molar-refractivity contribution in [1.29, 1.82) is 0 Å². The fourth-order valence-corrected chi connectivity index (χ4v) is 2.90. The van der Waals surface area contributed by atoms with E-state index in [9.17, 15) is 14.9 Å². The SMILES string of the molecule is C=CCOc1cc([N+](=O)[O-])ccc1N=C1C=C(C(C)(C)C)C(=O)C(C(C)(C)C)=C1. The highest BCUT2D eigenvalue weighted by molar-refractivity contribution is 6.23. The summed E-state index contributed by atoms with van der Waals surface area (Å²) in [5.74, 6) is 0.315. The first kappa shape index (κ1) is 22.3. The van der Waals surface area contributed by atoms with Crippen LogP contribution >= 0.6 is 0 Å². The Morgan fingerprint density at radius 2 is 1.66 bits per heavy atom. The third kappa shape index (κ3) is 5.28. The number of ether oxygens (including phenoxy) is 1. The monoisotopic (exact) mass is 396 g/mol. The van der Waals surface area contributed by atoms with Crippen molar-refractivity contribution in [2.24, 2.45) is 15.8 Å². The van der Waals surface area contributed by atoms with Crippen LogP contribution in [0.25, 0.3) is 0 Å². The van der Waals surface area contributed by atoms with Gasteiger partial charge in [0, 0.05) is 17.2 Å². The van der Waals surface area contributed by atoms with Crippen molar-refractivity contribution in [3.05, 3.63) is 64.3 Å². The lowest BCUT2D eigenvalue weighted by molar-refractivity contribution is -0.384. The maximum atomic E-state index is 13.0. The zero-order chi connectivity index (χ0) is 22.0. The molecule has 0 bridgehead atoms. The molecule has 0 spiro atoms. The van der Waals surface area contributed by atoms with Crippen LogP contribution < -0.4 is 4.74 Å². The predicted octanol–water partition coefficient (Wildman–Crippen LogP) is 5.76. The molecule has 6 nitrogen and oxygen atoms in total. The highest BCUT2D eigenvalue weighted by Crippen LogP contribution is 2.38. The number of aliphatic imine (C=N–C) groups is 1. The summed E-state index contributed by atoms with van der Waals surface area (Å²) in [6.45, 7) is 15.8. The van der Waals surface area contributed by atoms with Crippen molar-refractivity contribution in [2.45, 2.75) is 41.5 Å². The highest BCUT2D eigenvalue weighted by Gasteiger charge is 2.34. The summed E-state index contributed by atoms with van der Waals surface area (Å²) >= 11 is 0. The number of Topliss-reactive ketones (excluding diaryl/α,β-unsaturated/α-hetero) is 1. The smallest absolute Gasteiger partial charge is 0.273 e. The lowest BCUT2D eigenvalue weighted by Crippen LogP contribution is -2.29. The topological polar surface area (TPSA) is 81.8 Å². The molecule has 0 heterocycles. The van der Waals surface area contributed by atoms with Crippen LogP contribution in [0.1, 0.15) is 41.5 Å². The summed E-state index contributed by atoms with van der Waals surface area (Å²) in [7, 11) is 0. The molecule has 0 fully saturated rings. The Labute approximate surface area is 171 Å². The van der Waals surface area contributed by atoms with Crippen molar-refractivity contribution >= 4 is 22.9 Å². The van der Waals surface area contributed by atoms with Gasteiger partial charge < -0.3 is 4.74 Å². The second-order valence-corrected chi connectivity index (χ2v) is 8.99. The minimum Gasteiger partial charge on any atom is -0.487 e. The Morgan fingerprint density at radius 1 is 1.10 bits per heavy atom. The molecular formula is C23H28N2O4. The van der Waals surface area contributed by atoms with Crippen molar-refractivity contribution in [3.8, 4) is 5.75 Å². The van der Waals surface area contributed by atoms with Gasteiger partial charge in [0.2, 0.25) is 0 Å². The van der Waals surface area contributed by atoms with Gasteiger partial charge in [-0.25, -0.2) is 4.99 Å². The molecule has 0 aromatic heterocycles. The van der Waals surface area contributed by atoms with E-state index < -0.39 is 4.92 Å². The van der Waals surface area contributed by atoms with Crippen LogP contribution in [0.3, 0.4) is 0 Å². The molecule has 0 radical (unpaired) electrons. The van der Waals surface area contributed by atoms with Crippen LogP contribution in [0.2, 0.25) is 0 Å². The lowest BCUT2D eigenvalue weighted by Gasteiger charge is -2.31. The molecule has 154 valence electrons. The van der Waals surface area contributed by atoms with Crippen LogP contribution in [-0.4, -0.2) is 23.0 Å². The normalized spacial score (nSPS) is 14.8. The molecule has 0 N–H and O–H groups in total. The van der Waals surface area contributed by atoms with E-state index >= 15 is 0 Å². The number of carbonyl (C=O) groups excluding carboxylic acids is 1. The number of ketones is 1. The van der Waals surface area contributed by atoms with Gasteiger partial charge in [-0.3, -0.25) is 14.9 Å². The van der Waals surface area contributed by atoms with Gasteiger partial charge in [0.15, 0.2) is 11.5 Å². The standard InChI is InChI=1S/C23H28N2O4/c1-8-11-29-20-14-16(25(27)28)9-10-19(20)24-15-12-17(22(2,3)4)21(26)18(13-15)23(5,6)7/h8-10,12-14H,1,11H2,2-7H3. The lowest BCUT2D eigenvalue weighted by atomic mass is 9.72. The van der Waals surface area contributed by atoms with E-state index in [4.69, 9.17) is 4.74 Å². The number of hydrogen-bond acceptors (Lipinski definition) is 5. The molecule has 6 heteroatoms.